The number of hydrogen-bond acceptors (Lipinski definition) is 6. The molecule has 0 radical (unpaired) electrons. The van der Waals surface area contributed by atoms with Gasteiger partial charge in [-0.2, -0.15) is 0 Å². The number of pyridine rings is 1. The number of carbonyl (C=O) groups excluding carboxylic acids is 3. The lowest BCUT2D eigenvalue weighted by molar-refractivity contribution is -0.133. The van der Waals surface area contributed by atoms with Crippen LogP contribution in [-0.2, 0) is 16.0 Å². The molecule has 0 aliphatic carbocycles. The molecule has 36 heavy (non-hydrogen) atoms. The first-order valence-electron chi connectivity index (χ1n) is 12.0. The maximum atomic E-state index is 12.9. The van der Waals surface area contributed by atoms with Gasteiger partial charge in [-0.15, -0.1) is 11.3 Å². The Morgan fingerprint density at radius 1 is 1.14 bits per heavy atom. The molecular weight excluding hydrogens is 476 g/mol. The molecule has 0 aromatic carbocycles. The number of nitrogens with zero attached hydrogens (tertiary/aromatic N) is 2. The predicted molar refractivity (Wildman–Crippen MR) is 139 cm³/mol. The summed E-state index contributed by atoms with van der Waals surface area (Å²) in [4.78, 5) is 45.2. The van der Waals surface area contributed by atoms with Crippen molar-refractivity contribution >= 4 is 35.1 Å². The summed E-state index contributed by atoms with van der Waals surface area (Å²) >= 11 is 1.68. The van der Waals surface area contributed by atoms with E-state index in [9.17, 15) is 14.4 Å². The summed E-state index contributed by atoms with van der Waals surface area (Å²) in [6.45, 7) is 3.53. The van der Waals surface area contributed by atoms with Crippen LogP contribution in [0.1, 0.15) is 51.1 Å². The van der Waals surface area contributed by atoms with Crippen molar-refractivity contribution in [2.75, 3.05) is 26.2 Å². The fourth-order valence-electron chi connectivity index (χ4n) is 4.21. The molecule has 0 atom stereocenters. The highest BCUT2D eigenvalue weighted by molar-refractivity contribution is 7.09. The molecule has 0 bridgehead atoms. The van der Waals surface area contributed by atoms with Gasteiger partial charge in [-0.3, -0.25) is 19.4 Å². The average molecular weight is 507 g/mol. The summed E-state index contributed by atoms with van der Waals surface area (Å²) in [5.41, 5.74) is 2.27. The summed E-state index contributed by atoms with van der Waals surface area (Å²) in [5, 5.41) is 7.68. The van der Waals surface area contributed by atoms with E-state index in [2.05, 4.69) is 16.7 Å². The van der Waals surface area contributed by atoms with Crippen molar-refractivity contribution in [2.45, 2.75) is 32.1 Å². The number of nitrogens with one attached hydrogen (secondary N) is 2. The molecule has 8 nitrogen and oxygen atoms in total. The third-order valence-corrected chi connectivity index (χ3v) is 7.07. The van der Waals surface area contributed by atoms with Crippen molar-refractivity contribution < 1.29 is 18.8 Å². The number of carbonyl (C=O) groups is 3. The van der Waals surface area contributed by atoms with E-state index in [0.717, 1.165) is 17.8 Å². The SMILES string of the molecule is Cc1ccc(C(=O)NCCc2cccs2)c(C2CCN(C(=O)CNC(=O)C=Cc3ccco3)CC2)n1. The van der Waals surface area contributed by atoms with Crippen molar-refractivity contribution in [1.29, 1.82) is 0 Å². The number of aromatic nitrogens is 1. The van der Waals surface area contributed by atoms with E-state index in [1.807, 2.05) is 30.5 Å². The minimum Gasteiger partial charge on any atom is -0.465 e. The molecule has 3 amide bonds. The summed E-state index contributed by atoms with van der Waals surface area (Å²) in [7, 11) is 0. The van der Waals surface area contributed by atoms with E-state index in [0.29, 0.717) is 43.8 Å². The van der Waals surface area contributed by atoms with Crippen LogP contribution in [0.15, 0.2) is 58.5 Å². The highest BCUT2D eigenvalue weighted by atomic mass is 32.1. The van der Waals surface area contributed by atoms with Crippen LogP contribution in [0.25, 0.3) is 6.08 Å². The second-order valence-electron chi connectivity index (χ2n) is 8.69. The minimum atomic E-state index is -0.353. The molecule has 3 aromatic rings. The number of furan rings is 1. The highest BCUT2D eigenvalue weighted by Crippen LogP contribution is 2.29. The van der Waals surface area contributed by atoms with Gasteiger partial charge in [0.15, 0.2) is 0 Å². The highest BCUT2D eigenvalue weighted by Gasteiger charge is 2.28. The Morgan fingerprint density at radius 3 is 2.69 bits per heavy atom. The zero-order valence-electron chi connectivity index (χ0n) is 20.2. The average Bonchev–Trinajstić information content (AvgIpc) is 3.60. The number of aryl methyl sites for hydroxylation is 1. The number of hydrogen-bond donors (Lipinski definition) is 2. The topological polar surface area (TPSA) is 105 Å². The van der Waals surface area contributed by atoms with Gasteiger partial charge >= 0.3 is 0 Å². The number of piperidine rings is 1. The van der Waals surface area contributed by atoms with Crippen LogP contribution in [0, 0.1) is 6.92 Å². The molecule has 3 aromatic heterocycles. The molecule has 1 fully saturated rings. The van der Waals surface area contributed by atoms with Gasteiger partial charge < -0.3 is 20.0 Å². The first kappa shape index (κ1) is 25.4. The van der Waals surface area contributed by atoms with E-state index in [4.69, 9.17) is 9.40 Å². The zero-order chi connectivity index (χ0) is 25.3. The van der Waals surface area contributed by atoms with E-state index in [-0.39, 0.29) is 30.2 Å². The van der Waals surface area contributed by atoms with Gasteiger partial charge in [0.05, 0.1) is 24.1 Å². The molecule has 9 heteroatoms. The molecule has 1 aliphatic rings. The molecule has 4 rings (SSSR count). The van der Waals surface area contributed by atoms with Crippen molar-refractivity contribution in [1.82, 2.24) is 20.5 Å². The van der Waals surface area contributed by atoms with Crippen LogP contribution in [0.2, 0.25) is 0 Å². The van der Waals surface area contributed by atoms with Crippen LogP contribution >= 0.6 is 11.3 Å². The van der Waals surface area contributed by atoms with Crippen LogP contribution < -0.4 is 10.6 Å². The third-order valence-electron chi connectivity index (χ3n) is 6.14. The molecular formula is C27H30N4O4S. The van der Waals surface area contributed by atoms with E-state index < -0.39 is 0 Å². The first-order valence-corrected chi connectivity index (χ1v) is 12.9. The quantitative estimate of drug-likeness (QED) is 0.432. The van der Waals surface area contributed by atoms with Gasteiger partial charge in [-0.05, 0) is 68.0 Å². The lowest BCUT2D eigenvalue weighted by Crippen LogP contribution is -2.43. The molecule has 1 saturated heterocycles. The second kappa shape index (κ2) is 12.3. The van der Waals surface area contributed by atoms with Gasteiger partial charge in [0.25, 0.3) is 5.91 Å². The van der Waals surface area contributed by atoms with Gasteiger partial charge in [-0.25, -0.2) is 0 Å². The summed E-state index contributed by atoms with van der Waals surface area (Å²) < 4.78 is 5.14. The maximum absolute atomic E-state index is 12.9. The minimum absolute atomic E-state index is 0.0629. The Labute approximate surface area is 214 Å². The molecule has 0 unspecified atom stereocenters. The Balaban J connectivity index is 1.28. The smallest absolute Gasteiger partial charge is 0.253 e. The van der Waals surface area contributed by atoms with Gasteiger partial charge in [0.2, 0.25) is 11.8 Å². The largest absolute Gasteiger partial charge is 0.465 e. The number of rotatable bonds is 9. The zero-order valence-corrected chi connectivity index (χ0v) is 21.1. The van der Waals surface area contributed by atoms with E-state index in [1.165, 1.54) is 17.2 Å². The molecule has 188 valence electrons. The van der Waals surface area contributed by atoms with Crippen molar-refractivity contribution in [2.24, 2.45) is 0 Å². The van der Waals surface area contributed by atoms with Crippen molar-refractivity contribution in [3.8, 4) is 0 Å². The van der Waals surface area contributed by atoms with Crippen LogP contribution in [0.4, 0.5) is 0 Å². The lowest BCUT2D eigenvalue weighted by Gasteiger charge is -2.32. The fraction of sp³-hybridized carbons (Fsp3) is 0.333. The first-order chi connectivity index (χ1) is 17.5. The predicted octanol–water partition coefficient (Wildman–Crippen LogP) is 3.55. The Hall–Kier alpha value is -3.72. The molecule has 2 N–H and O–H groups in total. The Bertz CT molecular complexity index is 1200. The van der Waals surface area contributed by atoms with E-state index in [1.54, 1.807) is 34.4 Å². The third kappa shape index (κ3) is 6.91. The summed E-state index contributed by atoms with van der Waals surface area (Å²) in [5.74, 6) is 0.0693. The number of thiophene rings is 1. The van der Waals surface area contributed by atoms with Gasteiger partial charge in [0, 0.05) is 42.2 Å². The number of amides is 3. The normalized spacial score (nSPS) is 14.2. The lowest BCUT2D eigenvalue weighted by atomic mass is 9.89. The second-order valence-corrected chi connectivity index (χ2v) is 9.72. The van der Waals surface area contributed by atoms with Crippen molar-refractivity contribution in [3.05, 3.63) is 81.7 Å². The van der Waals surface area contributed by atoms with Gasteiger partial charge in [-0.1, -0.05) is 6.07 Å². The fourth-order valence-corrected chi connectivity index (χ4v) is 4.92. The molecule has 1 aliphatic heterocycles. The monoisotopic (exact) mass is 506 g/mol. The maximum Gasteiger partial charge on any atom is 0.253 e. The van der Waals surface area contributed by atoms with Crippen LogP contribution in [0.3, 0.4) is 0 Å². The Morgan fingerprint density at radius 2 is 1.97 bits per heavy atom. The molecule has 4 heterocycles. The van der Waals surface area contributed by atoms with Crippen molar-refractivity contribution in [3.63, 3.8) is 0 Å². The Kier molecular flexibility index (Phi) is 8.67. The van der Waals surface area contributed by atoms with Crippen LogP contribution in [-0.4, -0.2) is 53.8 Å². The standard InChI is InChI=1S/C27H30N4O4S/c1-19-6-8-23(27(34)28-13-10-22-5-3-17-36-22)26(30-19)20-11-14-31(15-12-20)25(33)18-29-24(32)9-7-21-4-2-16-35-21/h2-9,16-17,20H,10-15,18H2,1H3,(H,28,34)(H,29,32). The van der Waals surface area contributed by atoms with Gasteiger partial charge in [0.1, 0.15) is 5.76 Å². The summed E-state index contributed by atoms with van der Waals surface area (Å²) in [6.07, 6.45) is 6.64. The molecule has 0 spiro atoms. The summed E-state index contributed by atoms with van der Waals surface area (Å²) in [6, 6.07) is 11.3. The molecule has 0 saturated carbocycles. The number of likely N-dealkylation sites (tertiary alicyclic amines) is 1. The van der Waals surface area contributed by atoms with Crippen LogP contribution in [0.5, 0.6) is 0 Å². The van der Waals surface area contributed by atoms with E-state index >= 15 is 0 Å².